The van der Waals surface area contributed by atoms with Crippen molar-refractivity contribution in [2.45, 2.75) is 52.3 Å². The average molecular weight is 295 g/mol. The minimum atomic E-state index is 0.0635. The van der Waals surface area contributed by atoms with E-state index in [0.29, 0.717) is 5.88 Å². The molecule has 1 aromatic rings. The third-order valence-electron chi connectivity index (χ3n) is 4.29. The fraction of sp³-hybridized carbons (Fsp3) is 0.706. The van der Waals surface area contributed by atoms with Crippen molar-refractivity contribution in [2.75, 3.05) is 18.0 Å². The summed E-state index contributed by atoms with van der Waals surface area (Å²) in [7, 11) is 0. The Morgan fingerprint density at radius 3 is 2.55 bits per heavy atom. The molecule has 1 saturated heterocycles. The van der Waals surface area contributed by atoms with Crippen LogP contribution in [0.1, 0.15) is 52.3 Å². The molecule has 3 heteroatoms. The summed E-state index contributed by atoms with van der Waals surface area (Å²) in [5.74, 6) is 3.20. The lowest BCUT2D eigenvalue weighted by Gasteiger charge is -2.24. The summed E-state index contributed by atoms with van der Waals surface area (Å²) in [5, 5.41) is 0. The highest BCUT2D eigenvalue weighted by atomic mass is 35.5. The molecule has 1 aliphatic heterocycles. The van der Waals surface area contributed by atoms with E-state index in [-0.39, 0.29) is 5.41 Å². The van der Waals surface area contributed by atoms with E-state index in [1.807, 2.05) is 0 Å². The molecule has 0 aliphatic carbocycles. The van der Waals surface area contributed by atoms with Crippen molar-refractivity contribution in [3.63, 3.8) is 0 Å². The number of anilines is 1. The monoisotopic (exact) mass is 294 g/mol. The molecular formula is C17H27ClN2. The third kappa shape index (κ3) is 3.46. The van der Waals surface area contributed by atoms with Crippen molar-refractivity contribution in [1.82, 2.24) is 4.98 Å². The molecule has 0 amide bonds. The zero-order chi connectivity index (χ0) is 14.9. The number of hydrogen-bond acceptors (Lipinski definition) is 2. The second kappa shape index (κ2) is 5.93. The van der Waals surface area contributed by atoms with E-state index in [9.17, 15) is 0 Å². The minimum Gasteiger partial charge on any atom is -0.356 e. The second-order valence-electron chi connectivity index (χ2n) is 7.34. The van der Waals surface area contributed by atoms with Crippen molar-refractivity contribution >= 4 is 17.4 Å². The van der Waals surface area contributed by atoms with Gasteiger partial charge in [0.25, 0.3) is 0 Å². The van der Waals surface area contributed by atoms with Crippen molar-refractivity contribution in [3.05, 3.63) is 23.4 Å². The summed E-state index contributed by atoms with van der Waals surface area (Å²) in [4.78, 5) is 7.32. The van der Waals surface area contributed by atoms with E-state index < -0.39 is 0 Å². The highest BCUT2D eigenvalue weighted by molar-refractivity contribution is 6.17. The minimum absolute atomic E-state index is 0.0635. The van der Waals surface area contributed by atoms with Crippen LogP contribution in [0, 0.1) is 11.8 Å². The van der Waals surface area contributed by atoms with Gasteiger partial charge in [-0.2, -0.15) is 0 Å². The first-order chi connectivity index (χ1) is 9.31. The van der Waals surface area contributed by atoms with Crippen LogP contribution in [-0.4, -0.2) is 18.1 Å². The van der Waals surface area contributed by atoms with Gasteiger partial charge in [0.05, 0.1) is 0 Å². The Hall–Kier alpha value is -0.760. The predicted molar refractivity (Wildman–Crippen MR) is 87.7 cm³/mol. The molecule has 0 radical (unpaired) electrons. The van der Waals surface area contributed by atoms with E-state index in [2.05, 4.69) is 51.7 Å². The van der Waals surface area contributed by atoms with Crippen LogP contribution in [0.3, 0.4) is 0 Å². The van der Waals surface area contributed by atoms with E-state index in [4.69, 9.17) is 16.6 Å². The van der Waals surface area contributed by atoms with Crippen LogP contribution < -0.4 is 4.90 Å². The molecule has 1 aliphatic rings. The summed E-state index contributed by atoms with van der Waals surface area (Å²) >= 11 is 6.06. The topological polar surface area (TPSA) is 16.1 Å². The molecular weight excluding hydrogens is 268 g/mol. The van der Waals surface area contributed by atoms with E-state index in [1.54, 1.807) is 0 Å². The molecule has 1 fully saturated rings. The maximum atomic E-state index is 6.06. The van der Waals surface area contributed by atoms with Gasteiger partial charge in [-0.3, -0.25) is 0 Å². The maximum absolute atomic E-state index is 6.06. The van der Waals surface area contributed by atoms with Crippen LogP contribution in [-0.2, 0) is 11.3 Å². The zero-order valence-electron chi connectivity index (χ0n) is 13.4. The Balaban J connectivity index is 2.28. The third-order valence-corrected chi connectivity index (χ3v) is 4.59. The summed E-state index contributed by atoms with van der Waals surface area (Å²) in [6, 6.07) is 4.30. The van der Waals surface area contributed by atoms with Gasteiger partial charge >= 0.3 is 0 Å². The average Bonchev–Trinajstić information content (AvgIpc) is 2.87. The molecule has 1 unspecified atom stereocenters. The summed E-state index contributed by atoms with van der Waals surface area (Å²) in [5.41, 5.74) is 2.38. The van der Waals surface area contributed by atoms with Crippen molar-refractivity contribution in [2.24, 2.45) is 11.8 Å². The van der Waals surface area contributed by atoms with Crippen LogP contribution in [0.5, 0.6) is 0 Å². The van der Waals surface area contributed by atoms with E-state index in [0.717, 1.165) is 36.4 Å². The highest BCUT2D eigenvalue weighted by Gasteiger charge is 2.27. The molecule has 1 aromatic heterocycles. The smallest absolute Gasteiger partial charge is 0.129 e. The van der Waals surface area contributed by atoms with E-state index in [1.165, 1.54) is 12.0 Å². The van der Waals surface area contributed by atoms with Gasteiger partial charge < -0.3 is 4.90 Å². The maximum Gasteiger partial charge on any atom is 0.129 e. The van der Waals surface area contributed by atoms with Gasteiger partial charge in [0, 0.05) is 30.1 Å². The van der Waals surface area contributed by atoms with Crippen molar-refractivity contribution < 1.29 is 0 Å². The molecule has 1 atom stereocenters. The highest BCUT2D eigenvalue weighted by Crippen LogP contribution is 2.30. The largest absolute Gasteiger partial charge is 0.356 e. The summed E-state index contributed by atoms with van der Waals surface area (Å²) < 4.78 is 0. The van der Waals surface area contributed by atoms with Crippen LogP contribution in [0.4, 0.5) is 5.82 Å². The Morgan fingerprint density at radius 2 is 2.05 bits per heavy atom. The Kier molecular flexibility index (Phi) is 4.63. The number of nitrogens with zero attached hydrogens (tertiary/aromatic N) is 2. The predicted octanol–water partition coefficient (Wildman–Crippen LogP) is 4.60. The SMILES string of the molecule is CC(C)C1CCN(c2cc(CCl)cc(C(C)(C)C)n2)C1. The summed E-state index contributed by atoms with van der Waals surface area (Å²) in [6.07, 6.45) is 1.27. The molecule has 0 aromatic carbocycles. The molecule has 2 rings (SSSR count). The number of aromatic nitrogens is 1. The van der Waals surface area contributed by atoms with Gasteiger partial charge in [-0.1, -0.05) is 34.6 Å². The van der Waals surface area contributed by atoms with Gasteiger partial charge in [-0.25, -0.2) is 4.98 Å². The van der Waals surface area contributed by atoms with Crippen molar-refractivity contribution in [3.8, 4) is 0 Å². The lowest BCUT2D eigenvalue weighted by atomic mass is 9.91. The lowest BCUT2D eigenvalue weighted by molar-refractivity contribution is 0.422. The molecule has 2 heterocycles. The quantitative estimate of drug-likeness (QED) is 0.757. The molecule has 0 N–H and O–H groups in total. The molecule has 2 nitrogen and oxygen atoms in total. The van der Waals surface area contributed by atoms with Gasteiger partial charge in [-0.05, 0) is 36.0 Å². The fourth-order valence-electron chi connectivity index (χ4n) is 2.73. The first-order valence-corrected chi connectivity index (χ1v) is 8.17. The van der Waals surface area contributed by atoms with Crippen molar-refractivity contribution in [1.29, 1.82) is 0 Å². The van der Waals surface area contributed by atoms with Crippen LogP contribution >= 0.6 is 11.6 Å². The number of halogens is 1. The Labute approximate surface area is 128 Å². The number of alkyl halides is 1. The number of hydrogen-bond donors (Lipinski definition) is 0. The first-order valence-electron chi connectivity index (χ1n) is 7.63. The molecule has 112 valence electrons. The molecule has 20 heavy (non-hydrogen) atoms. The zero-order valence-corrected chi connectivity index (χ0v) is 14.2. The molecule has 0 saturated carbocycles. The first kappa shape index (κ1) is 15.6. The number of pyridine rings is 1. The summed E-state index contributed by atoms with van der Waals surface area (Å²) in [6.45, 7) is 13.5. The van der Waals surface area contributed by atoms with Gasteiger partial charge in [-0.15, -0.1) is 11.6 Å². The van der Waals surface area contributed by atoms with Gasteiger partial charge in [0.2, 0.25) is 0 Å². The fourth-order valence-corrected chi connectivity index (χ4v) is 2.89. The lowest BCUT2D eigenvalue weighted by Crippen LogP contribution is -2.24. The van der Waals surface area contributed by atoms with Crippen LogP contribution in [0.15, 0.2) is 12.1 Å². The van der Waals surface area contributed by atoms with E-state index >= 15 is 0 Å². The van der Waals surface area contributed by atoms with Gasteiger partial charge in [0.1, 0.15) is 5.82 Å². The Bertz CT molecular complexity index is 463. The standard InChI is InChI=1S/C17H27ClN2/c1-12(2)14-6-7-20(11-14)16-9-13(10-18)8-15(19-16)17(3,4)5/h8-9,12,14H,6-7,10-11H2,1-5H3. The van der Waals surface area contributed by atoms with Crippen LogP contribution in [0.25, 0.3) is 0 Å². The van der Waals surface area contributed by atoms with Gasteiger partial charge in [0.15, 0.2) is 0 Å². The van der Waals surface area contributed by atoms with Crippen LogP contribution in [0.2, 0.25) is 0 Å². The molecule has 0 bridgehead atoms. The number of rotatable bonds is 3. The molecule has 0 spiro atoms. The second-order valence-corrected chi connectivity index (χ2v) is 7.61. The Morgan fingerprint density at radius 1 is 1.35 bits per heavy atom. The normalized spacial score (nSPS) is 19.9.